The molecule has 25 heavy (non-hydrogen) atoms. The van der Waals surface area contributed by atoms with Gasteiger partial charge in [0.2, 0.25) is 0 Å². The van der Waals surface area contributed by atoms with Crippen molar-refractivity contribution in [1.29, 1.82) is 0 Å². The Morgan fingerprint density at radius 3 is 2.48 bits per heavy atom. The number of ether oxygens (including phenoxy) is 1. The van der Waals surface area contributed by atoms with Gasteiger partial charge in [-0.15, -0.1) is 0 Å². The predicted molar refractivity (Wildman–Crippen MR) is 102 cm³/mol. The van der Waals surface area contributed by atoms with Crippen molar-refractivity contribution in [1.82, 2.24) is 9.80 Å². The fraction of sp³-hybridized carbons (Fsp3) is 0.429. The van der Waals surface area contributed by atoms with Crippen molar-refractivity contribution in [2.75, 3.05) is 39.3 Å². The monoisotopic (exact) mass is 356 g/mol. The molecule has 2 aliphatic heterocycles. The molecule has 1 saturated heterocycles. The molecular weight excluding hydrogens is 332 g/mol. The first-order valence-electron chi connectivity index (χ1n) is 9.25. The van der Waals surface area contributed by atoms with E-state index >= 15 is 0 Å². The second kappa shape index (κ2) is 7.77. The van der Waals surface area contributed by atoms with Gasteiger partial charge in [0.1, 0.15) is 12.4 Å². The Balaban J connectivity index is 1.64. The molecule has 0 amide bonds. The number of rotatable bonds is 4. The highest BCUT2D eigenvalue weighted by atomic mass is 35.5. The predicted octanol–water partition coefficient (Wildman–Crippen LogP) is 4.22. The van der Waals surface area contributed by atoms with Crippen LogP contribution in [0.2, 0.25) is 5.02 Å². The number of likely N-dealkylation sites (tertiary alicyclic amines) is 1. The molecule has 2 aromatic rings. The van der Waals surface area contributed by atoms with Gasteiger partial charge in [-0.05, 0) is 49.7 Å². The first kappa shape index (κ1) is 16.9. The fourth-order valence-electron chi connectivity index (χ4n) is 3.99. The summed E-state index contributed by atoms with van der Waals surface area (Å²) in [5.41, 5.74) is 2.53. The number of benzene rings is 2. The lowest BCUT2D eigenvalue weighted by Gasteiger charge is -2.31. The van der Waals surface area contributed by atoms with E-state index in [-0.39, 0.29) is 6.04 Å². The van der Waals surface area contributed by atoms with Crippen molar-refractivity contribution in [3.8, 4) is 5.75 Å². The van der Waals surface area contributed by atoms with Crippen LogP contribution in [0.4, 0.5) is 0 Å². The molecule has 0 radical (unpaired) electrons. The molecular formula is C21H25ClN2O. The number of hydrogen-bond donors (Lipinski definition) is 0. The van der Waals surface area contributed by atoms with Gasteiger partial charge in [0.25, 0.3) is 0 Å². The summed E-state index contributed by atoms with van der Waals surface area (Å²) in [5, 5.41) is 0.783. The SMILES string of the molecule is Clc1ccc(C2c3ccccc3OCCN2CCN2CCCC2)cc1. The molecule has 2 heterocycles. The van der Waals surface area contributed by atoms with Gasteiger partial charge in [-0.3, -0.25) is 4.90 Å². The maximum Gasteiger partial charge on any atom is 0.124 e. The lowest BCUT2D eigenvalue weighted by molar-refractivity contribution is 0.177. The lowest BCUT2D eigenvalue weighted by Crippen LogP contribution is -2.37. The van der Waals surface area contributed by atoms with Crippen molar-refractivity contribution < 1.29 is 4.74 Å². The van der Waals surface area contributed by atoms with Crippen molar-refractivity contribution in [3.63, 3.8) is 0 Å². The summed E-state index contributed by atoms with van der Waals surface area (Å²) in [4.78, 5) is 5.14. The van der Waals surface area contributed by atoms with Crippen LogP contribution in [0.3, 0.4) is 0 Å². The van der Waals surface area contributed by atoms with Crippen LogP contribution >= 0.6 is 11.6 Å². The summed E-state index contributed by atoms with van der Waals surface area (Å²) in [6, 6.07) is 16.9. The first-order valence-corrected chi connectivity index (χ1v) is 9.63. The Morgan fingerprint density at radius 2 is 1.68 bits per heavy atom. The molecule has 2 aliphatic rings. The van der Waals surface area contributed by atoms with Crippen molar-refractivity contribution in [2.45, 2.75) is 18.9 Å². The lowest BCUT2D eigenvalue weighted by atomic mass is 9.96. The zero-order valence-corrected chi connectivity index (χ0v) is 15.3. The van der Waals surface area contributed by atoms with Gasteiger partial charge in [-0.1, -0.05) is 41.9 Å². The van der Waals surface area contributed by atoms with Crippen molar-refractivity contribution in [2.24, 2.45) is 0 Å². The van der Waals surface area contributed by atoms with Crippen LogP contribution in [-0.2, 0) is 0 Å². The molecule has 0 aliphatic carbocycles. The quantitative estimate of drug-likeness (QED) is 0.815. The average molecular weight is 357 g/mol. The summed E-state index contributed by atoms with van der Waals surface area (Å²) >= 11 is 6.12. The third kappa shape index (κ3) is 3.84. The number of para-hydroxylation sites is 1. The molecule has 0 saturated carbocycles. The van der Waals surface area contributed by atoms with Crippen LogP contribution in [-0.4, -0.2) is 49.1 Å². The van der Waals surface area contributed by atoms with Crippen LogP contribution in [0, 0.1) is 0 Å². The van der Waals surface area contributed by atoms with E-state index in [0.717, 1.165) is 37.0 Å². The highest BCUT2D eigenvalue weighted by Gasteiger charge is 2.28. The normalized spacial score (nSPS) is 21.6. The molecule has 0 spiro atoms. The molecule has 2 aromatic carbocycles. The highest BCUT2D eigenvalue weighted by molar-refractivity contribution is 6.30. The largest absolute Gasteiger partial charge is 0.492 e. The van der Waals surface area contributed by atoms with E-state index in [1.165, 1.54) is 37.1 Å². The zero-order chi connectivity index (χ0) is 17.1. The van der Waals surface area contributed by atoms with Gasteiger partial charge in [0.15, 0.2) is 0 Å². The molecule has 1 atom stereocenters. The van der Waals surface area contributed by atoms with Crippen LogP contribution < -0.4 is 4.74 Å². The van der Waals surface area contributed by atoms with Crippen LogP contribution in [0.15, 0.2) is 48.5 Å². The number of fused-ring (bicyclic) bond motifs is 1. The smallest absolute Gasteiger partial charge is 0.124 e. The van der Waals surface area contributed by atoms with Crippen LogP contribution in [0.5, 0.6) is 5.75 Å². The fourth-order valence-corrected chi connectivity index (χ4v) is 4.11. The van der Waals surface area contributed by atoms with E-state index in [4.69, 9.17) is 16.3 Å². The van der Waals surface area contributed by atoms with Crippen molar-refractivity contribution >= 4 is 11.6 Å². The van der Waals surface area contributed by atoms with Gasteiger partial charge in [0.05, 0.1) is 6.04 Å². The average Bonchev–Trinajstić information content (AvgIpc) is 3.08. The molecule has 0 bridgehead atoms. The minimum absolute atomic E-state index is 0.221. The minimum atomic E-state index is 0.221. The maximum atomic E-state index is 6.12. The summed E-state index contributed by atoms with van der Waals surface area (Å²) in [6.07, 6.45) is 2.68. The van der Waals surface area contributed by atoms with E-state index in [1.807, 2.05) is 12.1 Å². The van der Waals surface area contributed by atoms with Crippen molar-refractivity contribution in [3.05, 3.63) is 64.7 Å². The second-order valence-electron chi connectivity index (χ2n) is 6.93. The third-order valence-corrected chi connectivity index (χ3v) is 5.55. The molecule has 132 valence electrons. The summed E-state index contributed by atoms with van der Waals surface area (Å²) < 4.78 is 6.04. The van der Waals surface area contributed by atoms with Gasteiger partial charge < -0.3 is 9.64 Å². The Bertz CT molecular complexity index is 697. The van der Waals surface area contributed by atoms with Gasteiger partial charge in [0, 0.05) is 30.2 Å². The maximum absolute atomic E-state index is 6.12. The standard InChI is InChI=1S/C21H25ClN2O/c22-18-9-7-17(8-10-18)21-19-5-1-2-6-20(19)25-16-15-24(21)14-13-23-11-3-4-12-23/h1-2,5-10,21H,3-4,11-16H2. The number of halogens is 1. The van der Waals surface area contributed by atoms with Gasteiger partial charge in [-0.25, -0.2) is 0 Å². The Morgan fingerprint density at radius 1 is 0.920 bits per heavy atom. The second-order valence-corrected chi connectivity index (χ2v) is 7.36. The minimum Gasteiger partial charge on any atom is -0.492 e. The molecule has 4 rings (SSSR count). The zero-order valence-electron chi connectivity index (χ0n) is 14.5. The molecule has 0 aromatic heterocycles. The molecule has 4 heteroatoms. The summed E-state index contributed by atoms with van der Waals surface area (Å²) in [7, 11) is 0. The molecule has 3 nitrogen and oxygen atoms in total. The topological polar surface area (TPSA) is 15.7 Å². The first-order chi connectivity index (χ1) is 12.3. The van der Waals surface area contributed by atoms with E-state index in [1.54, 1.807) is 0 Å². The molecule has 0 N–H and O–H groups in total. The Kier molecular flexibility index (Phi) is 5.25. The van der Waals surface area contributed by atoms with Gasteiger partial charge in [-0.2, -0.15) is 0 Å². The van der Waals surface area contributed by atoms with E-state index in [0.29, 0.717) is 0 Å². The summed E-state index contributed by atoms with van der Waals surface area (Å²) in [6.45, 7) is 6.35. The van der Waals surface area contributed by atoms with E-state index < -0.39 is 0 Å². The Hall–Kier alpha value is -1.55. The molecule has 1 fully saturated rings. The van der Waals surface area contributed by atoms with Gasteiger partial charge >= 0.3 is 0 Å². The number of hydrogen-bond acceptors (Lipinski definition) is 3. The summed E-state index contributed by atoms with van der Waals surface area (Å²) in [5.74, 6) is 1.01. The third-order valence-electron chi connectivity index (χ3n) is 5.30. The molecule has 1 unspecified atom stereocenters. The highest BCUT2D eigenvalue weighted by Crippen LogP contribution is 2.36. The number of nitrogens with zero attached hydrogens (tertiary/aromatic N) is 2. The Labute approximate surface area is 155 Å². The van der Waals surface area contributed by atoms with Crippen LogP contribution in [0.25, 0.3) is 0 Å². The van der Waals surface area contributed by atoms with E-state index in [9.17, 15) is 0 Å². The van der Waals surface area contributed by atoms with E-state index in [2.05, 4.69) is 46.2 Å². The van der Waals surface area contributed by atoms with Crippen LogP contribution in [0.1, 0.15) is 30.0 Å².